The van der Waals surface area contributed by atoms with E-state index in [2.05, 4.69) is 22.5 Å². The largest absolute Gasteiger partial charge is 0.314 e. The van der Waals surface area contributed by atoms with Crippen LogP contribution in [0.2, 0.25) is 5.02 Å². The summed E-state index contributed by atoms with van der Waals surface area (Å²) in [4.78, 5) is 16.1. The molecule has 1 fully saturated rings. The first-order chi connectivity index (χ1) is 8.15. The van der Waals surface area contributed by atoms with E-state index < -0.39 is 0 Å². The van der Waals surface area contributed by atoms with Crippen molar-refractivity contribution in [2.45, 2.75) is 25.8 Å². The number of hydrogen-bond acceptors (Lipinski definition) is 3. The number of hydrogen-bond donors (Lipinski definition) is 2. The lowest BCUT2D eigenvalue weighted by molar-refractivity contribution is -0.120. The summed E-state index contributed by atoms with van der Waals surface area (Å²) in [5.74, 6) is 0.619. The number of pyridine rings is 1. The third-order valence-electron chi connectivity index (χ3n) is 2.97. The monoisotopic (exact) mass is 253 g/mol. The van der Waals surface area contributed by atoms with Crippen LogP contribution in [0.25, 0.3) is 0 Å². The van der Waals surface area contributed by atoms with E-state index in [1.807, 2.05) is 0 Å². The molecule has 0 radical (unpaired) electrons. The Hall–Kier alpha value is -1.13. The molecule has 1 aliphatic heterocycles. The molecule has 0 bridgehead atoms. The average Bonchev–Trinajstić information content (AvgIpc) is 2.29. The quantitative estimate of drug-likeness (QED) is 0.848. The van der Waals surface area contributed by atoms with Crippen LogP contribution in [0.3, 0.4) is 0 Å². The minimum absolute atomic E-state index is 0.0353. The highest BCUT2D eigenvalue weighted by Gasteiger charge is 2.24. The molecule has 0 aromatic carbocycles. The molecule has 1 aromatic heterocycles. The van der Waals surface area contributed by atoms with E-state index in [0.717, 1.165) is 19.4 Å². The van der Waals surface area contributed by atoms with Gasteiger partial charge in [0.2, 0.25) is 5.91 Å². The van der Waals surface area contributed by atoms with Crippen molar-refractivity contribution in [1.29, 1.82) is 0 Å². The second kappa shape index (κ2) is 5.47. The topological polar surface area (TPSA) is 54.0 Å². The summed E-state index contributed by atoms with van der Waals surface area (Å²) < 4.78 is 0. The Morgan fingerprint density at radius 1 is 1.65 bits per heavy atom. The minimum Gasteiger partial charge on any atom is -0.314 e. The van der Waals surface area contributed by atoms with Gasteiger partial charge in [0.1, 0.15) is 5.82 Å². The summed E-state index contributed by atoms with van der Waals surface area (Å²) >= 11 is 5.84. The van der Waals surface area contributed by atoms with Crippen molar-refractivity contribution >= 4 is 23.3 Å². The van der Waals surface area contributed by atoms with Crippen LogP contribution in [-0.4, -0.2) is 23.5 Å². The Morgan fingerprint density at radius 2 is 2.47 bits per heavy atom. The molecule has 0 unspecified atom stereocenters. The van der Waals surface area contributed by atoms with Gasteiger partial charge in [0.05, 0.1) is 0 Å². The van der Waals surface area contributed by atoms with Gasteiger partial charge in [-0.05, 0) is 38.4 Å². The fraction of sp³-hybridized carbons (Fsp3) is 0.500. The Balaban J connectivity index is 1.96. The number of nitrogens with one attached hydrogen (secondary N) is 2. The number of carbonyl (C=O) groups excluding carboxylic acids is 1. The van der Waals surface area contributed by atoms with Gasteiger partial charge in [0, 0.05) is 23.2 Å². The maximum atomic E-state index is 12.0. The molecule has 1 saturated heterocycles. The van der Waals surface area contributed by atoms with Crippen molar-refractivity contribution in [3.63, 3.8) is 0 Å². The average molecular weight is 254 g/mol. The molecule has 2 rings (SSSR count). The van der Waals surface area contributed by atoms with Gasteiger partial charge in [0.15, 0.2) is 0 Å². The van der Waals surface area contributed by atoms with Crippen molar-refractivity contribution in [2.24, 2.45) is 5.92 Å². The van der Waals surface area contributed by atoms with E-state index in [1.165, 1.54) is 0 Å². The van der Waals surface area contributed by atoms with E-state index in [1.54, 1.807) is 18.3 Å². The Morgan fingerprint density at radius 3 is 3.18 bits per heavy atom. The Kier molecular flexibility index (Phi) is 3.97. The fourth-order valence-electron chi connectivity index (χ4n) is 2.07. The first-order valence-electron chi connectivity index (χ1n) is 5.81. The summed E-state index contributed by atoms with van der Waals surface area (Å²) in [5.41, 5.74) is 0. The highest BCUT2D eigenvalue weighted by molar-refractivity contribution is 6.30. The number of rotatable bonds is 2. The summed E-state index contributed by atoms with van der Waals surface area (Å²) in [6.07, 6.45) is 3.33. The Labute approximate surface area is 106 Å². The van der Waals surface area contributed by atoms with Crippen LogP contribution in [0.4, 0.5) is 5.82 Å². The molecule has 2 atom stereocenters. The summed E-state index contributed by atoms with van der Waals surface area (Å²) in [7, 11) is 0. The zero-order chi connectivity index (χ0) is 12.3. The van der Waals surface area contributed by atoms with Gasteiger partial charge in [0.25, 0.3) is 0 Å². The number of carbonyl (C=O) groups is 1. The predicted molar refractivity (Wildman–Crippen MR) is 68.1 cm³/mol. The van der Waals surface area contributed by atoms with Gasteiger partial charge in [-0.3, -0.25) is 4.79 Å². The van der Waals surface area contributed by atoms with Crippen molar-refractivity contribution in [3.8, 4) is 0 Å². The smallest absolute Gasteiger partial charge is 0.228 e. The molecule has 4 nitrogen and oxygen atoms in total. The molecule has 0 saturated carbocycles. The predicted octanol–water partition coefficient (Wildman–Crippen LogP) is 2.06. The molecule has 1 amide bonds. The van der Waals surface area contributed by atoms with Crippen LogP contribution in [-0.2, 0) is 4.79 Å². The number of halogens is 1. The molecule has 2 heterocycles. The van der Waals surface area contributed by atoms with Gasteiger partial charge >= 0.3 is 0 Å². The van der Waals surface area contributed by atoms with E-state index in [9.17, 15) is 4.79 Å². The van der Waals surface area contributed by atoms with Gasteiger partial charge in [-0.15, -0.1) is 0 Å². The SMILES string of the molecule is C[C@H]1C[C@@H](C(=O)Nc2cc(Cl)ccn2)CCN1. The minimum atomic E-state index is 0.0353. The number of aromatic nitrogens is 1. The molecule has 0 spiro atoms. The van der Waals surface area contributed by atoms with Gasteiger partial charge < -0.3 is 10.6 Å². The van der Waals surface area contributed by atoms with Crippen molar-refractivity contribution in [1.82, 2.24) is 10.3 Å². The third kappa shape index (κ3) is 3.41. The third-order valence-corrected chi connectivity index (χ3v) is 3.20. The lowest BCUT2D eigenvalue weighted by atomic mass is 9.92. The molecular weight excluding hydrogens is 238 g/mol. The highest BCUT2D eigenvalue weighted by atomic mass is 35.5. The van der Waals surface area contributed by atoms with Crippen molar-refractivity contribution in [2.75, 3.05) is 11.9 Å². The van der Waals surface area contributed by atoms with Gasteiger partial charge in [-0.2, -0.15) is 0 Å². The number of amides is 1. The second-order valence-electron chi connectivity index (χ2n) is 4.43. The van der Waals surface area contributed by atoms with E-state index in [-0.39, 0.29) is 11.8 Å². The van der Waals surface area contributed by atoms with Crippen LogP contribution in [0.15, 0.2) is 18.3 Å². The standard InChI is InChI=1S/C12H16ClN3O/c1-8-6-9(2-4-14-8)12(17)16-11-7-10(13)3-5-15-11/h3,5,7-9,14H,2,4,6H2,1H3,(H,15,16,17)/t8-,9-/m0/s1. The molecule has 92 valence electrons. The van der Waals surface area contributed by atoms with Crippen LogP contribution in [0.1, 0.15) is 19.8 Å². The molecule has 2 N–H and O–H groups in total. The summed E-state index contributed by atoms with van der Waals surface area (Å²) in [6.45, 7) is 2.99. The zero-order valence-electron chi connectivity index (χ0n) is 9.74. The number of piperidine rings is 1. The lowest BCUT2D eigenvalue weighted by Crippen LogP contribution is -2.40. The van der Waals surface area contributed by atoms with Crippen molar-refractivity contribution < 1.29 is 4.79 Å². The van der Waals surface area contributed by atoms with E-state index in [4.69, 9.17) is 11.6 Å². The van der Waals surface area contributed by atoms with E-state index >= 15 is 0 Å². The van der Waals surface area contributed by atoms with Crippen LogP contribution in [0.5, 0.6) is 0 Å². The van der Waals surface area contributed by atoms with Gasteiger partial charge in [-0.25, -0.2) is 4.98 Å². The van der Waals surface area contributed by atoms with Crippen molar-refractivity contribution in [3.05, 3.63) is 23.4 Å². The molecule has 5 heteroatoms. The zero-order valence-corrected chi connectivity index (χ0v) is 10.5. The normalized spacial score (nSPS) is 24.4. The summed E-state index contributed by atoms with van der Waals surface area (Å²) in [6, 6.07) is 3.74. The number of anilines is 1. The first kappa shape index (κ1) is 12.3. The maximum Gasteiger partial charge on any atom is 0.228 e. The van der Waals surface area contributed by atoms with Crippen LogP contribution >= 0.6 is 11.6 Å². The van der Waals surface area contributed by atoms with E-state index in [0.29, 0.717) is 16.9 Å². The second-order valence-corrected chi connectivity index (χ2v) is 4.86. The maximum absolute atomic E-state index is 12.0. The number of nitrogens with zero attached hydrogens (tertiary/aromatic N) is 1. The summed E-state index contributed by atoms with van der Waals surface area (Å²) in [5, 5.41) is 6.71. The molecule has 17 heavy (non-hydrogen) atoms. The highest BCUT2D eigenvalue weighted by Crippen LogP contribution is 2.19. The van der Waals surface area contributed by atoms with Gasteiger partial charge in [-0.1, -0.05) is 11.6 Å². The molecule has 1 aliphatic rings. The molecule has 0 aliphatic carbocycles. The molecule has 1 aromatic rings. The fourth-order valence-corrected chi connectivity index (χ4v) is 2.23. The molecular formula is C12H16ClN3O. The Bertz CT molecular complexity index is 410. The van der Waals surface area contributed by atoms with Crippen LogP contribution in [0, 0.1) is 5.92 Å². The van der Waals surface area contributed by atoms with Crippen LogP contribution < -0.4 is 10.6 Å². The first-order valence-corrected chi connectivity index (χ1v) is 6.19. The lowest BCUT2D eigenvalue weighted by Gasteiger charge is -2.26.